The Labute approximate surface area is 95.9 Å². The summed E-state index contributed by atoms with van der Waals surface area (Å²) in [5.41, 5.74) is 9.29. The lowest BCUT2D eigenvalue weighted by molar-refractivity contribution is 0.722. The topological polar surface area (TPSA) is 43.8 Å². The third-order valence-corrected chi connectivity index (χ3v) is 2.90. The van der Waals surface area contributed by atoms with E-state index in [1.807, 2.05) is 24.7 Å². The van der Waals surface area contributed by atoms with Crippen LogP contribution in [0.1, 0.15) is 24.1 Å². The van der Waals surface area contributed by atoms with Crippen LogP contribution >= 0.6 is 0 Å². The Morgan fingerprint density at radius 3 is 2.81 bits per heavy atom. The molecule has 3 heteroatoms. The number of nitrogens with two attached hydrogens (primary N) is 1. The molecule has 1 heterocycles. The number of hydrogen-bond acceptors (Lipinski definition) is 2. The van der Waals surface area contributed by atoms with E-state index in [2.05, 4.69) is 35.5 Å². The Bertz CT molecular complexity index is 474. The van der Waals surface area contributed by atoms with Gasteiger partial charge in [0.05, 0.1) is 6.33 Å². The first kappa shape index (κ1) is 10.9. The Kier molecular flexibility index (Phi) is 3.06. The average Bonchev–Trinajstić information content (AvgIpc) is 2.77. The van der Waals surface area contributed by atoms with Gasteiger partial charge in [-0.3, -0.25) is 0 Å². The highest BCUT2D eigenvalue weighted by molar-refractivity contribution is 5.41. The lowest BCUT2D eigenvalue weighted by Gasteiger charge is -2.14. The zero-order valence-electron chi connectivity index (χ0n) is 9.72. The molecule has 1 atom stereocenters. The number of aryl methyl sites for hydroxylation is 1. The van der Waals surface area contributed by atoms with Crippen molar-refractivity contribution in [3.63, 3.8) is 0 Å². The molecule has 0 radical (unpaired) electrons. The van der Waals surface area contributed by atoms with E-state index in [9.17, 15) is 0 Å². The molecule has 0 spiro atoms. The van der Waals surface area contributed by atoms with Crippen LogP contribution in [-0.2, 0) is 0 Å². The third kappa shape index (κ3) is 1.86. The van der Waals surface area contributed by atoms with Gasteiger partial charge in [0.2, 0.25) is 0 Å². The number of imidazole rings is 1. The van der Waals surface area contributed by atoms with Gasteiger partial charge in [-0.15, -0.1) is 0 Å². The van der Waals surface area contributed by atoms with Gasteiger partial charge < -0.3 is 10.3 Å². The normalized spacial score (nSPS) is 12.7. The summed E-state index contributed by atoms with van der Waals surface area (Å²) in [5.74, 6) is 0.321. The highest BCUT2D eigenvalue weighted by Crippen LogP contribution is 2.20. The van der Waals surface area contributed by atoms with Gasteiger partial charge in [0.1, 0.15) is 0 Å². The second kappa shape index (κ2) is 4.49. The molecule has 0 saturated heterocycles. The van der Waals surface area contributed by atoms with E-state index in [4.69, 9.17) is 5.73 Å². The quantitative estimate of drug-likeness (QED) is 0.853. The largest absolute Gasteiger partial charge is 0.330 e. The molecule has 3 nitrogen and oxygen atoms in total. The zero-order valence-corrected chi connectivity index (χ0v) is 9.72. The van der Waals surface area contributed by atoms with Crippen molar-refractivity contribution in [2.45, 2.75) is 19.8 Å². The highest BCUT2D eigenvalue weighted by atomic mass is 15.1. The Morgan fingerprint density at radius 2 is 2.12 bits per heavy atom. The molecular formula is C13H17N3. The Morgan fingerprint density at radius 1 is 1.38 bits per heavy atom. The molecule has 1 aromatic carbocycles. The maximum atomic E-state index is 5.71. The van der Waals surface area contributed by atoms with Crippen LogP contribution in [0.2, 0.25) is 0 Å². The van der Waals surface area contributed by atoms with Gasteiger partial charge in [0.15, 0.2) is 0 Å². The van der Waals surface area contributed by atoms with Crippen LogP contribution in [-0.4, -0.2) is 16.1 Å². The van der Waals surface area contributed by atoms with Crippen LogP contribution in [0.15, 0.2) is 36.8 Å². The van der Waals surface area contributed by atoms with Crippen LogP contribution in [0.5, 0.6) is 0 Å². The van der Waals surface area contributed by atoms with E-state index in [-0.39, 0.29) is 0 Å². The molecule has 0 saturated carbocycles. The van der Waals surface area contributed by atoms with Gasteiger partial charge in [-0.05, 0) is 18.6 Å². The van der Waals surface area contributed by atoms with Crippen LogP contribution < -0.4 is 5.73 Å². The van der Waals surface area contributed by atoms with Gasteiger partial charge in [-0.2, -0.15) is 0 Å². The molecular weight excluding hydrogens is 198 g/mol. The first-order valence-electron chi connectivity index (χ1n) is 5.52. The molecule has 0 aliphatic rings. The molecule has 1 aromatic heterocycles. The predicted octanol–water partition coefficient (Wildman–Crippen LogP) is 2.24. The summed E-state index contributed by atoms with van der Waals surface area (Å²) in [5, 5.41) is 0. The number of nitrogens with zero attached hydrogens (tertiary/aromatic N) is 2. The van der Waals surface area contributed by atoms with E-state index in [0.717, 1.165) is 5.69 Å². The zero-order chi connectivity index (χ0) is 11.5. The summed E-state index contributed by atoms with van der Waals surface area (Å²) in [7, 11) is 0. The molecule has 2 aromatic rings. The third-order valence-electron chi connectivity index (χ3n) is 2.90. The van der Waals surface area contributed by atoms with Gasteiger partial charge in [-0.25, -0.2) is 4.98 Å². The molecule has 1 unspecified atom stereocenters. The molecule has 0 bridgehead atoms. The summed E-state index contributed by atoms with van der Waals surface area (Å²) < 4.78 is 2.12. The van der Waals surface area contributed by atoms with Crippen molar-refractivity contribution in [1.82, 2.24) is 9.55 Å². The van der Waals surface area contributed by atoms with Gasteiger partial charge in [0, 0.05) is 30.0 Å². The highest BCUT2D eigenvalue weighted by Gasteiger charge is 2.11. The molecule has 0 fully saturated rings. The molecule has 0 aliphatic heterocycles. The first-order chi connectivity index (χ1) is 7.74. The second-order valence-corrected chi connectivity index (χ2v) is 4.11. The van der Waals surface area contributed by atoms with Crippen molar-refractivity contribution in [2.24, 2.45) is 5.73 Å². The fourth-order valence-electron chi connectivity index (χ4n) is 1.83. The Balaban J connectivity index is 2.49. The Hall–Kier alpha value is -1.61. The van der Waals surface area contributed by atoms with Crippen molar-refractivity contribution >= 4 is 0 Å². The summed E-state index contributed by atoms with van der Waals surface area (Å²) in [4.78, 5) is 4.22. The van der Waals surface area contributed by atoms with Crippen molar-refractivity contribution in [3.8, 4) is 5.69 Å². The minimum Gasteiger partial charge on any atom is -0.330 e. The van der Waals surface area contributed by atoms with Crippen LogP contribution in [0.3, 0.4) is 0 Å². The predicted molar refractivity (Wildman–Crippen MR) is 65.8 cm³/mol. The minimum atomic E-state index is 0.321. The van der Waals surface area contributed by atoms with E-state index >= 15 is 0 Å². The number of para-hydroxylation sites is 1. The summed E-state index contributed by atoms with van der Waals surface area (Å²) in [6.07, 6.45) is 3.74. The molecule has 84 valence electrons. The second-order valence-electron chi connectivity index (χ2n) is 4.11. The molecule has 2 rings (SSSR count). The van der Waals surface area contributed by atoms with E-state index in [1.54, 1.807) is 0 Å². The minimum absolute atomic E-state index is 0.321. The summed E-state index contributed by atoms with van der Waals surface area (Å²) in [6.45, 7) is 4.86. The van der Waals surface area contributed by atoms with Gasteiger partial charge in [-0.1, -0.05) is 25.1 Å². The van der Waals surface area contributed by atoms with Crippen LogP contribution in [0, 0.1) is 6.92 Å². The standard InChI is InChI=1S/C13H17N3/c1-10-5-3-4-6-12(10)16-9-15-8-13(16)11(2)7-14/h3-6,8-9,11H,7,14H2,1-2H3. The lowest BCUT2D eigenvalue weighted by atomic mass is 10.1. The van der Waals surface area contributed by atoms with Gasteiger partial charge >= 0.3 is 0 Å². The smallest absolute Gasteiger partial charge is 0.0994 e. The van der Waals surface area contributed by atoms with Crippen molar-refractivity contribution in [3.05, 3.63) is 48.0 Å². The van der Waals surface area contributed by atoms with Crippen LogP contribution in [0.4, 0.5) is 0 Å². The maximum Gasteiger partial charge on any atom is 0.0994 e. The number of rotatable bonds is 3. The first-order valence-corrected chi connectivity index (χ1v) is 5.52. The number of benzene rings is 1. The lowest BCUT2D eigenvalue weighted by Crippen LogP contribution is -2.13. The molecule has 16 heavy (non-hydrogen) atoms. The number of hydrogen-bond donors (Lipinski definition) is 1. The number of aromatic nitrogens is 2. The van der Waals surface area contributed by atoms with Crippen molar-refractivity contribution < 1.29 is 0 Å². The molecule has 0 amide bonds. The summed E-state index contributed by atoms with van der Waals surface area (Å²) in [6, 6.07) is 8.29. The van der Waals surface area contributed by atoms with E-state index in [0.29, 0.717) is 12.5 Å². The monoisotopic (exact) mass is 215 g/mol. The van der Waals surface area contributed by atoms with Crippen molar-refractivity contribution in [2.75, 3.05) is 6.54 Å². The molecule has 0 aliphatic carbocycles. The van der Waals surface area contributed by atoms with Gasteiger partial charge in [0.25, 0.3) is 0 Å². The summed E-state index contributed by atoms with van der Waals surface area (Å²) >= 11 is 0. The van der Waals surface area contributed by atoms with Crippen LogP contribution in [0.25, 0.3) is 5.69 Å². The molecule has 2 N–H and O–H groups in total. The average molecular weight is 215 g/mol. The maximum absolute atomic E-state index is 5.71. The van der Waals surface area contributed by atoms with Crippen molar-refractivity contribution in [1.29, 1.82) is 0 Å². The fraction of sp³-hybridized carbons (Fsp3) is 0.308. The SMILES string of the molecule is Cc1ccccc1-n1cncc1C(C)CN. The van der Waals surface area contributed by atoms with E-state index in [1.165, 1.54) is 11.3 Å². The fourth-order valence-corrected chi connectivity index (χ4v) is 1.83. The van der Waals surface area contributed by atoms with E-state index < -0.39 is 0 Å².